The maximum atomic E-state index is 4.20. The molecule has 0 aliphatic heterocycles. The van der Waals surface area contributed by atoms with E-state index in [0.717, 1.165) is 12.6 Å². The Balaban J connectivity index is 2.40. The van der Waals surface area contributed by atoms with Gasteiger partial charge in [-0.3, -0.25) is 5.09 Å². The largest absolute Gasteiger partial charge is 0.289 e. The Kier molecular flexibility index (Phi) is 6.60. The van der Waals surface area contributed by atoms with E-state index in [1.807, 2.05) is 0 Å². The summed E-state index contributed by atoms with van der Waals surface area (Å²) in [7, 11) is -0.165. The fraction of sp³-hybridized carbons (Fsp3) is 0.500. The average molecular weight is 263 g/mol. The van der Waals surface area contributed by atoms with Gasteiger partial charge in [-0.2, -0.15) is 0 Å². The van der Waals surface area contributed by atoms with Gasteiger partial charge in [-0.15, -0.1) is 0 Å². The van der Waals surface area contributed by atoms with Crippen molar-refractivity contribution in [2.24, 2.45) is 5.92 Å². The van der Waals surface area contributed by atoms with E-state index in [0.29, 0.717) is 12.0 Å². The molecule has 1 nitrogen and oxygen atoms in total. The van der Waals surface area contributed by atoms with Gasteiger partial charge >= 0.3 is 0 Å². The summed E-state index contributed by atoms with van der Waals surface area (Å²) < 4.78 is 0. The maximum absolute atomic E-state index is 4.20. The Morgan fingerprint density at radius 3 is 2.39 bits per heavy atom. The summed E-state index contributed by atoms with van der Waals surface area (Å²) in [5, 5.41) is 3.70. The van der Waals surface area contributed by atoms with Crippen molar-refractivity contribution in [3.8, 4) is 0 Å². The molecule has 0 radical (unpaired) electrons. The van der Waals surface area contributed by atoms with Gasteiger partial charge in [0.15, 0.2) is 0 Å². The number of rotatable bonds is 7. The van der Waals surface area contributed by atoms with Gasteiger partial charge in [-0.1, -0.05) is 56.3 Å². The first-order chi connectivity index (χ1) is 8.49. The molecule has 0 fully saturated rings. The summed E-state index contributed by atoms with van der Waals surface area (Å²) in [5.74, 6) is 0.693. The summed E-state index contributed by atoms with van der Waals surface area (Å²) in [4.78, 5) is 0. The van der Waals surface area contributed by atoms with Crippen LogP contribution in [-0.4, -0.2) is 12.7 Å². The first kappa shape index (κ1) is 15.4. The first-order valence-corrected chi connectivity index (χ1v) is 8.65. The van der Waals surface area contributed by atoms with Gasteiger partial charge < -0.3 is 0 Å². The molecule has 100 valence electrons. The molecule has 18 heavy (non-hydrogen) atoms. The van der Waals surface area contributed by atoms with Gasteiger partial charge in [0.05, 0.1) is 0 Å². The molecule has 2 heteroatoms. The van der Waals surface area contributed by atoms with E-state index in [-0.39, 0.29) is 8.07 Å². The summed E-state index contributed by atoms with van der Waals surface area (Å²) in [6, 6.07) is 11.1. The van der Waals surface area contributed by atoms with E-state index in [4.69, 9.17) is 0 Å². The molecule has 1 N–H and O–H groups in total. The molecule has 1 aromatic carbocycles. The minimum absolute atomic E-state index is 0.165. The standard InChI is InChI=1S/C16H26NP/c1-13(2)11-14(3)15(4)17-18(5)12-16-9-7-6-8-10-16/h6-10,13,15,17H,3,11-12H2,1-2,4-5H3/t15-,18+/m0/s1. The average Bonchev–Trinajstić information content (AvgIpc) is 2.29. The third-order valence-electron chi connectivity index (χ3n) is 2.96. The highest BCUT2D eigenvalue weighted by atomic mass is 31.1. The molecule has 2 atom stereocenters. The number of hydrogen-bond donors (Lipinski definition) is 1. The van der Waals surface area contributed by atoms with E-state index in [1.165, 1.54) is 11.1 Å². The molecular formula is C16H26NP. The van der Waals surface area contributed by atoms with Gasteiger partial charge in [0.25, 0.3) is 0 Å². The van der Waals surface area contributed by atoms with Crippen LogP contribution in [0.2, 0.25) is 0 Å². The van der Waals surface area contributed by atoms with Crippen LogP contribution < -0.4 is 5.09 Å². The van der Waals surface area contributed by atoms with Crippen molar-refractivity contribution in [2.75, 3.05) is 6.66 Å². The zero-order chi connectivity index (χ0) is 13.5. The van der Waals surface area contributed by atoms with Gasteiger partial charge in [-0.25, -0.2) is 0 Å². The SMILES string of the molecule is C=C(CC(C)C)[C@H](C)N[P@](C)Cc1ccccc1. The highest BCUT2D eigenvalue weighted by Crippen LogP contribution is 2.32. The molecule has 0 aromatic heterocycles. The van der Waals surface area contributed by atoms with Gasteiger partial charge in [0, 0.05) is 12.2 Å². The molecule has 0 bridgehead atoms. The van der Waals surface area contributed by atoms with E-state index >= 15 is 0 Å². The Morgan fingerprint density at radius 2 is 1.83 bits per heavy atom. The molecule has 0 saturated carbocycles. The fourth-order valence-electron chi connectivity index (χ4n) is 2.03. The zero-order valence-corrected chi connectivity index (χ0v) is 13.0. The Morgan fingerprint density at radius 1 is 1.22 bits per heavy atom. The van der Waals surface area contributed by atoms with E-state index < -0.39 is 0 Å². The van der Waals surface area contributed by atoms with Gasteiger partial charge in [-0.05, 0) is 39.6 Å². The molecule has 1 aromatic rings. The van der Waals surface area contributed by atoms with Crippen LogP contribution in [0.25, 0.3) is 0 Å². The van der Waals surface area contributed by atoms with E-state index in [1.54, 1.807) is 0 Å². The summed E-state index contributed by atoms with van der Waals surface area (Å²) >= 11 is 0. The van der Waals surface area contributed by atoms with Crippen LogP contribution in [0.5, 0.6) is 0 Å². The number of benzene rings is 1. The topological polar surface area (TPSA) is 12.0 Å². The predicted molar refractivity (Wildman–Crippen MR) is 84.2 cm³/mol. The number of nitrogens with one attached hydrogen (secondary N) is 1. The van der Waals surface area contributed by atoms with Gasteiger partial charge in [0.2, 0.25) is 0 Å². The third kappa shape index (κ3) is 5.80. The second-order valence-electron chi connectivity index (χ2n) is 5.45. The molecule has 0 aliphatic rings. The van der Waals surface area contributed by atoms with Crippen LogP contribution in [0.1, 0.15) is 32.8 Å². The maximum Gasteiger partial charge on any atom is 0.0284 e. The number of hydrogen-bond acceptors (Lipinski definition) is 1. The Hall–Kier alpha value is -0.650. The molecule has 0 amide bonds. The lowest BCUT2D eigenvalue weighted by atomic mass is 10.0. The first-order valence-electron chi connectivity index (χ1n) is 6.68. The van der Waals surface area contributed by atoms with Crippen molar-refractivity contribution >= 4 is 8.07 Å². The minimum Gasteiger partial charge on any atom is -0.289 e. The van der Waals surface area contributed by atoms with Gasteiger partial charge in [0.1, 0.15) is 0 Å². The van der Waals surface area contributed by atoms with Crippen LogP contribution in [0.4, 0.5) is 0 Å². The van der Waals surface area contributed by atoms with Crippen LogP contribution in [0, 0.1) is 5.92 Å². The monoisotopic (exact) mass is 263 g/mol. The van der Waals surface area contributed by atoms with Crippen LogP contribution in [0.3, 0.4) is 0 Å². The van der Waals surface area contributed by atoms with Crippen molar-refractivity contribution in [2.45, 2.75) is 39.4 Å². The van der Waals surface area contributed by atoms with Crippen molar-refractivity contribution < 1.29 is 0 Å². The smallest absolute Gasteiger partial charge is 0.0284 e. The van der Waals surface area contributed by atoms with Crippen molar-refractivity contribution in [1.82, 2.24) is 5.09 Å². The normalized spacial score (nSPS) is 14.5. The lowest BCUT2D eigenvalue weighted by molar-refractivity contribution is 0.601. The lowest BCUT2D eigenvalue weighted by Gasteiger charge is -2.23. The predicted octanol–water partition coefficient (Wildman–Crippen LogP) is 4.79. The van der Waals surface area contributed by atoms with Crippen LogP contribution >= 0.6 is 8.07 Å². The van der Waals surface area contributed by atoms with Crippen molar-refractivity contribution in [3.05, 3.63) is 48.0 Å². The molecule has 0 heterocycles. The van der Waals surface area contributed by atoms with Crippen molar-refractivity contribution in [1.29, 1.82) is 0 Å². The highest BCUT2D eigenvalue weighted by molar-refractivity contribution is 7.53. The Bertz CT molecular complexity index is 359. The fourth-order valence-corrected chi connectivity index (χ4v) is 3.72. The second-order valence-corrected chi connectivity index (χ2v) is 7.42. The lowest BCUT2D eigenvalue weighted by Crippen LogP contribution is -2.24. The van der Waals surface area contributed by atoms with Crippen LogP contribution in [-0.2, 0) is 6.16 Å². The Labute approximate surface area is 113 Å². The molecule has 0 saturated heterocycles. The quantitative estimate of drug-likeness (QED) is 0.550. The van der Waals surface area contributed by atoms with E-state index in [9.17, 15) is 0 Å². The molecular weight excluding hydrogens is 237 g/mol. The molecule has 0 aliphatic carbocycles. The summed E-state index contributed by atoms with van der Waals surface area (Å²) in [6.45, 7) is 13.2. The van der Waals surface area contributed by atoms with Crippen LogP contribution in [0.15, 0.2) is 42.5 Å². The molecule has 1 rings (SSSR count). The third-order valence-corrected chi connectivity index (χ3v) is 4.63. The minimum atomic E-state index is -0.165. The second kappa shape index (κ2) is 7.71. The summed E-state index contributed by atoms with van der Waals surface area (Å²) in [5.41, 5.74) is 2.74. The highest BCUT2D eigenvalue weighted by Gasteiger charge is 2.11. The van der Waals surface area contributed by atoms with Crippen molar-refractivity contribution in [3.63, 3.8) is 0 Å². The molecule has 0 spiro atoms. The van der Waals surface area contributed by atoms with E-state index in [2.05, 4.69) is 69.4 Å². The summed E-state index contributed by atoms with van der Waals surface area (Å²) in [6.07, 6.45) is 2.25. The molecule has 0 unspecified atom stereocenters. The zero-order valence-electron chi connectivity index (χ0n) is 12.1.